The van der Waals surface area contributed by atoms with Gasteiger partial charge in [0.2, 0.25) is 24.3 Å². The Morgan fingerprint density at radius 1 is 0.662 bits per heavy atom. The summed E-state index contributed by atoms with van der Waals surface area (Å²) in [5.74, 6) is -0.509. The Balaban J connectivity index is 0.000000283. The summed E-state index contributed by atoms with van der Waals surface area (Å²) in [6.45, 7) is 10.4. The molecule has 2 aromatic carbocycles. The first-order valence-corrected chi connectivity index (χ1v) is 22.5. The summed E-state index contributed by atoms with van der Waals surface area (Å²) < 4.78 is 77.6. The Labute approximate surface area is 413 Å². The van der Waals surface area contributed by atoms with E-state index in [2.05, 4.69) is 31.3 Å². The molecule has 2 aliphatic rings. The van der Waals surface area contributed by atoms with Crippen molar-refractivity contribution in [1.29, 1.82) is 0 Å². The summed E-state index contributed by atoms with van der Waals surface area (Å²) in [5.41, 5.74) is 3.31. The molecule has 71 heavy (non-hydrogen) atoms. The molecule has 22 nitrogen and oxygen atoms in total. The van der Waals surface area contributed by atoms with Crippen LogP contribution in [0.4, 0.5) is 18.4 Å². The van der Waals surface area contributed by atoms with Gasteiger partial charge in [0.15, 0.2) is 23.1 Å². The van der Waals surface area contributed by atoms with Gasteiger partial charge < -0.3 is 78.4 Å². The van der Waals surface area contributed by atoms with E-state index >= 15 is 0 Å². The predicted octanol–water partition coefficient (Wildman–Crippen LogP) is 3.16. The van der Waals surface area contributed by atoms with Gasteiger partial charge in [0.1, 0.15) is 55.4 Å². The van der Waals surface area contributed by atoms with Crippen molar-refractivity contribution in [2.75, 3.05) is 41.7 Å². The maximum Gasteiger partial charge on any atom is 0.508 e. The SMILES string of the molecule is COC(=O)Cl.COC(=O)OC[C@H]1O[C@@H](Oc2nn(C(C)C)c(C)c2Cc2ccc(OC)c(F)c2)[C@H](O)[C@@H](O)[C@@H]1O.COc1ccc(Cc2c(O[C@@H]3O[C@H](CO)[C@@H](O)[C@H](O)[C@H]3O)nn(C(C)C)c2C)cc1F. The molecule has 2 fully saturated rings. The zero-order valence-corrected chi connectivity index (χ0v) is 41.5. The number of aliphatic hydroxyl groups excluding tert-OH is 7. The largest absolute Gasteiger partial charge is 0.508 e. The fourth-order valence-corrected chi connectivity index (χ4v) is 7.45. The number of halogens is 3. The molecule has 10 atom stereocenters. The highest BCUT2D eigenvalue weighted by molar-refractivity contribution is 6.61. The second kappa shape index (κ2) is 26.3. The van der Waals surface area contributed by atoms with E-state index in [1.54, 1.807) is 21.5 Å². The Morgan fingerprint density at radius 3 is 1.39 bits per heavy atom. The minimum Gasteiger partial charge on any atom is -0.494 e. The summed E-state index contributed by atoms with van der Waals surface area (Å²) in [6, 6.07) is 9.16. The van der Waals surface area contributed by atoms with Gasteiger partial charge in [-0.15, -0.1) is 10.2 Å². The van der Waals surface area contributed by atoms with Gasteiger partial charge in [-0.05, 0) is 76.9 Å². The number of aliphatic hydroxyl groups is 7. The zero-order valence-electron chi connectivity index (χ0n) is 40.8. The molecule has 2 aliphatic heterocycles. The number of ether oxygens (including phenoxy) is 9. The summed E-state index contributed by atoms with van der Waals surface area (Å²) in [5, 5.41) is 79.6. The number of hydrogen-bond acceptors (Lipinski definition) is 20. The van der Waals surface area contributed by atoms with E-state index < -0.39 is 97.8 Å². The third kappa shape index (κ3) is 14.6. The molecule has 2 aromatic heterocycles. The number of benzene rings is 2. The van der Waals surface area contributed by atoms with E-state index in [1.165, 1.54) is 45.6 Å². The number of methoxy groups -OCH3 is 4. The quantitative estimate of drug-likeness (QED) is 0.0665. The predicted molar refractivity (Wildman–Crippen MR) is 245 cm³/mol. The Hall–Kier alpha value is -5.41. The molecule has 0 bridgehead atoms. The van der Waals surface area contributed by atoms with Crippen LogP contribution in [-0.2, 0) is 36.5 Å². The topological polar surface area (TPSA) is 294 Å². The molecule has 396 valence electrons. The molecule has 7 N–H and O–H groups in total. The Kier molecular flexibility index (Phi) is 21.6. The number of aromatic nitrogens is 4. The summed E-state index contributed by atoms with van der Waals surface area (Å²) >= 11 is 4.60. The van der Waals surface area contributed by atoms with Crippen molar-refractivity contribution in [2.45, 2.75) is 128 Å². The molecule has 0 saturated carbocycles. The van der Waals surface area contributed by atoms with E-state index in [0.29, 0.717) is 22.3 Å². The smallest absolute Gasteiger partial charge is 0.494 e. The van der Waals surface area contributed by atoms with Crippen molar-refractivity contribution in [3.8, 4) is 23.3 Å². The molecule has 0 aliphatic carbocycles. The van der Waals surface area contributed by atoms with Crippen LogP contribution in [0, 0.1) is 25.5 Å². The Morgan fingerprint density at radius 2 is 1.06 bits per heavy atom. The third-order valence-corrected chi connectivity index (χ3v) is 11.5. The maximum absolute atomic E-state index is 14.3. The molecule has 4 aromatic rings. The van der Waals surface area contributed by atoms with Gasteiger partial charge in [0, 0.05) is 59.0 Å². The van der Waals surface area contributed by atoms with E-state index in [4.69, 9.17) is 33.2 Å². The van der Waals surface area contributed by atoms with Crippen molar-refractivity contribution < 1.29 is 96.7 Å². The standard InChI is InChI=1S/C23H31FN2O9.C21H29FN2O7.C2H3ClO2/c1-11(2)26-12(3)14(8-13-6-7-16(31-4)15(24)9-13)21(25-26)35-22-20(29)19(28)18(27)17(34-22)10-33-23(30)32-5;1-10(2)24-11(3)13(7-12-5-6-15(29-4)14(22)8-12)20(23-24)31-21-19(28)18(27)17(26)16(9-25)30-21;1-5-2(3)4/h6-7,9,11,17-20,22,27-29H,8,10H2,1-5H3;5-6,8,10,16-19,21,25-28H,7,9H2,1-4H3;1H3/t17-,18-,19+,20-,22+;16-,17-,18+,19-,21+;/m11./s1. The monoisotopic (exact) mass is 1030 g/mol. The van der Waals surface area contributed by atoms with Crippen molar-refractivity contribution in [3.05, 3.63) is 81.7 Å². The van der Waals surface area contributed by atoms with Crippen LogP contribution in [0.15, 0.2) is 36.4 Å². The first-order chi connectivity index (χ1) is 33.5. The minimum absolute atomic E-state index is 0.00139. The molecule has 6 rings (SSSR count). The average molecular weight is 1030 g/mol. The van der Waals surface area contributed by atoms with Gasteiger partial charge in [0.25, 0.3) is 0 Å². The molecular weight excluding hydrogens is 970 g/mol. The second-order valence-corrected chi connectivity index (χ2v) is 17.1. The highest BCUT2D eigenvalue weighted by atomic mass is 35.5. The third-order valence-electron chi connectivity index (χ3n) is 11.3. The van der Waals surface area contributed by atoms with Gasteiger partial charge in [0.05, 0.1) is 35.0 Å². The normalized spacial score (nSPS) is 24.0. The molecule has 0 radical (unpaired) electrons. The average Bonchev–Trinajstić information content (AvgIpc) is 3.82. The lowest BCUT2D eigenvalue weighted by atomic mass is 9.99. The molecular formula is C46H63ClF2N4O18. The lowest BCUT2D eigenvalue weighted by Crippen LogP contribution is -2.60. The highest BCUT2D eigenvalue weighted by Crippen LogP contribution is 2.34. The maximum atomic E-state index is 14.3. The number of carbonyl (C=O) groups is 2. The van der Waals surface area contributed by atoms with Gasteiger partial charge in [-0.25, -0.2) is 18.4 Å². The highest BCUT2D eigenvalue weighted by Gasteiger charge is 2.47. The van der Waals surface area contributed by atoms with E-state index in [1.807, 2.05) is 41.5 Å². The Bertz CT molecular complexity index is 2370. The van der Waals surface area contributed by atoms with Gasteiger partial charge in [-0.2, -0.15) is 0 Å². The van der Waals surface area contributed by atoms with Crippen molar-refractivity contribution in [3.63, 3.8) is 0 Å². The fourth-order valence-electron chi connectivity index (χ4n) is 7.45. The molecule has 0 spiro atoms. The second-order valence-electron chi connectivity index (χ2n) is 16.8. The number of carbonyl (C=O) groups excluding carboxylic acids is 2. The number of rotatable bonds is 15. The molecule has 25 heteroatoms. The van der Waals surface area contributed by atoms with E-state index in [-0.39, 0.29) is 48.2 Å². The first kappa shape index (κ1) is 58.2. The fraction of sp³-hybridized carbons (Fsp3) is 0.565. The van der Waals surface area contributed by atoms with Gasteiger partial charge >= 0.3 is 11.6 Å². The molecule has 4 heterocycles. The van der Waals surface area contributed by atoms with E-state index in [0.717, 1.165) is 18.5 Å². The van der Waals surface area contributed by atoms with Crippen LogP contribution in [0.25, 0.3) is 0 Å². The summed E-state index contributed by atoms with van der Waals surface area (Å²) in [6.07, 6.45) is -15.0. The first-order valence-electron chi connectivity index (χ1n) is 22.1. The van der Waals surface area contributed by atoms with Crippen LogP contribution in [0.5, 0.6) is 23.3 Å². The van der Waals surface area contributed by atoms with Crippen LogP contribution < -0.4 is 18.9 Å². The van der Waals surface area contributed by atoms with Crippen LogP contribution in [0.3, 0.4) is 0 Å². The summed E-state index contributed by atoms with van der Waals surface area (Å²) in [7, 11) is 5.11. The van der Waals surface area contributed by atoms with Crippen LogP contribution >= 0.6 is 11.6 Å². The number of hydrogen-bond donors (Lipinski definition) is 7. The van der Waals surface area contributed by atoms with Crippen molar-refractivity contribution >= 4 is 23.2 Å². The van der Waals surface area contributed by atoms with Crippen molar-refractivity contribution in [1.82, 2.24) is 19.6 Å². The lowest BCUT2D eigenvalue weighted by molar-refractivity contribution is -0.278. The van der Waals surface area contributed by atoms with Crippen LogP contribution in [0.2, 0.25) is 0 Å². The molecule has 0 amide bonds. The molecule has 2 saturated heterocycles. The van der Waals surface area contributed by atoms with Crippen molar-refractivity contribution in [2.24, 2.45) is 0 Å². The van der Waals surface area contributed by atoms with Crippen LogP contribution in [-0.4, -0.2) is 170 Å². The molecule has 0 unspecified atom stereocenters. The summed E-state index contributed by atoms with van der Waals surface area (Å²) in [4.78, 5) is 20.6. The number of nitrogens with zero attached hydrogens (tertiary/aromatic N) is 4. The van der Waals surface area contributed by atoms with E-state index in [9.17, 15) is 54.1 Å². The zero-order chi connectivity index (χ0) is 53.0. The van der Waals surface area contributed by atoms with Gasteiger partial charge in [-0.1, -0.05) is 12.1 Å². The minimum atomic E-state index is -1.65. The van der Waals surface area contributed by atoms with Crippen LogP contribution in [0.1, 0.15) is 73.4 Å². The van der Waals surface area contributed by atoms with Gasteiger partial charge in [-0.3, -0.25) is 9.36 Å². The lowest BCUT2D eigenvalue weighted by Gasteiger charge is -2.39.